The molecule has 0 fully saturated rings. The van der Waals surface area contributed by atoms with Gasteiger partial charge in [-0.25, -0.2) is 0 Å². The molecule has 0 unspecified atom stereocenters. The number of amides is 1. The summed E-state index contributed by atoms with van der Waals surface area (Å²) >= 11 is 6.71. The van der Waals surface area contributed by atoms with E-state index in [9.17, 15) is 4.79 Å². The van der Waals surface area contributed by atoms with Crippen LogP contribution in [-0.4, -0.2) is 12.5 Å². The largest absolute Gasteiger partial charge is 0.352 e. The Morgan fingerprint density at radius 3 is 2.50 bits per heavy atom. The molecule has 4 heteroatoms. The fourth-order valence-electron chi connectivity index (χ4n) is 1.22. The topological polar surface area (TPSA) is 29.1 Å². The van der Waals surface area contributed by atoms with Crippen LogP contribution in [0.3, 0.4) is 0 Å². The van der Waals surface area contributed by atoms with E-state index in [1.807, 2.05) is 25.1 Å². The van der Waals surface area contributed by atoms with Crippen molar-refractivity contribution in [1.29, 1.82) is 0 Å². The van der Waals surface area contributed by atoms with Crippen molar-refractivity contribution in [2.24, 2.45) is 0 Å². The first kappa shape index (κ1) is 13.5. The fourth-order valence-corrected chi connectivity index (χ4v) is 2.52. The zero-order valence-corrected chi connectivity index (χ0v) is 12.1. The molecule has 0 aromatic heterocycles. The Bertz CT molecular complexity index is 382. The molecule has 16 heavy (non-hydrogen) atoms. The molecule has 0 heterocycles. The minimum atomic E-state index is -0.0495. The highest BCUT2D eigenvalue weighted by Gasteiger charge is 2.06. The molecule has 0 bridgehead atoms. The molecule has 1 N–H and O–H groups in total. The second-order valence-electron chi connectivity index (χ2n) is 3.27. The summed E-state index contributed by atoms with van der Waals surface area (Å²) < 4.78 is 1.78. The Balaban J connectivity index is 2.59. The van der Waals surface area contributed by atoms with Crippen LogP contribution in [0, 0.1) is 0 Å². The highest BCUT2D eigenvalue weighted by Crippen LogP contribution is 2.19. The minimum Gasteiger partial charge on any atom is -0.352 e. The average molecular weight is 347 g/mol. The summed E-state index contributed by atoms with van der Waals surface area (Å²) in [7, 11) is 0. The Labute approximate surface area is 112 Å². The molecule has 0 atom stereocenters. The molecule has 0 aliphatic carbocycles. The zero-order valence-electron chi connectivity index (χ0n) is 8.97. The van der Waals surface area contributed by atoms with Crippen molar-refractivity contribution in [3.05, 3.63) is 44.9 Å². The first-order valence-corrected chi connectivity index (χ1v) is 6.57. The summed E-state index contributed by atoms with van der Waals surface area (Å²) in [6.07, 6.45) is 4.86. The Kier molecular flexibility index (Phi) is 5.77. The van der Waals surface area contributed by atoms with Crippen molar-refractivity contribution in [1.82, 2.24) is 5.32 Å². The van der Waals surface area contributed by atoms with Gasteiger partial charge in [0.05, 0.1) is 0 Å². The van der Waals surface area contributed by atoms with Gasteiger partial charge in [-0.05, 0) is 31.5 Å². The number of rotatable bonds is 4. The van der Waals surface area contributed by atoms with E-state index < -0.39 is 0 Å². The minimum absolute atomic E-state index is 0.0495. The van der Waals surface area contributed by atoms with Crippen molar-refractivity contribution in [3.63, 3.8) is 0 Å². The quantitative estimate of drug-likeness (QED) is 0.650. The van der Waals surface area contributed by atoms with E-state index >= 15 is 0 Å². The van der Waals surface area contributed by atoms with Gasteiger partial charge in [-0.3, -0.25) is 4.79 Å². The van der Waals surface area contributed by atoms with E-state index in [0.717, 1.165) is 15.4 Å². The molecule has 0 saturated carbocycles. The van der Waals surface area contributed by atoms with E-state index in [0.29, 0.717) is 12.1 Å². The predicted octanol–water partition coefficient (Wildman–Crippen LogP) is 3.91. The number of allylic oxidation sites excluding steroid dienone is 1. The van der Waals surface area contributed by atoms with Crippen molar-refractivity contribution in [3.8, 4) is 0 Å². The average Bonchev–Trinajstić information content (AvgIpc) is 2.22. The first-order valence-electron chi connectivity index (χ1n) is 4.99. The molecule has 0 saturated heterocycles. The number of carbonyl (C=O) groups excluding carboxylic acids is 1. The smallest absolute Gasteiger partial charge is 0.251 e. The first-order chi connectivity index (χ1) is 7.63. The number of carbonyl (C=O) groups is 1. The maximum Gasteiger partial charge on any atom is 0.251 e. The monoisotopic (exact) mass is 345 g/mol. The van der Waals surface area contributed by atoms with Crippen molar-refractivity contribution >= 4 is 37.8 Å². The number of benzene rings is 1. The van der Waals surface area contributed by atoms with Gasteiger partial charge < -0.3 is 5.32 Å². The maximum absolute atomic E-state index is 11.7. The standard InChI is InChI=1S/C12H13Br2NO/c1-2-3-4-5-15-12(16)9-6-10(13)8-11(14)7-9/h2-3,6-8H,4-5H2,1H3,(H,15,16)/b3-2+. The van der Waals surface area contributed by atoms with Gasteiger partial charge in [0.1, 0.15) is 0 Å². The molecule has 0 spiro atoms. The molecule has 0 aliphatic rings. The molecule has 1 rings (SSSR count). The lowest BCUT2D eigenvalue weighted by atomic mass is 10.2. The Hall–Kier alpha value is -0.610. The van der Waals surface area contributed by atoms with Gasteiger partial charge in [0.15, 0.2) is 0 Å². The highest BCUT2D eigenvalue weighted by atomic mass is 79.9. The second kappa shape index (κ2) is 6.86. The molecule has 86 valence electrons. The molecule has 1 amide bonds. The predicted molar refractivity (Wildman–Crippen MR) is 73.6 cm³/mol. The lowest BCUT2D eigenvalue weighted by molar-refractivity contribution is 0.0954. The molecule has 0 radical (unpaired) electrons. The van der Waals surface area contributed by atoms with Crippen LogP contribution in [-0.2, 0) is 0 Å². The van der Waals surface area contributed by atoms with Crippen LogP contribution in [0.25, 0.3) is 0 Å². The van der Waals surface area contributed by atoms with Crippen LogP contribution in [0.2, 0.25) is 0 Å². The lowest BCUT2D eigenvalue weighted by Crippen LogP contribution is -2.24. The third-order valence-corrected chi connectivity index (χ3v) is 2.87. The van der Waals surface area contributed by atoms with Crippen LogP contribution < -0.4 is 5.32 Å². The van der Waals surface area contributed by atoms with Crippen LogP contribution in [0.4, 0.5) is 0 Å². The van der Waals surface area contributed by atoms with Crippen LogP contribution in [0.5, 0.6) is 0 Å². The van der Waals surface area contributed by atoms with Gasteiger partial charge in [0.25, 0.3) is 5.91 Å². The third-order valence-electron chi connectivity index (χ3n) is 1.96. The zero-order chi connectivity index (χ0) is 12.0. The van der Waals surface area contributed by atoms with Crippen molar-refractivity contribution in [2.75, 3.05) is 6.54 Å². The molecule has 1 aromatic rings. The summed E-state index contributed by atoms with van der Waals surface area (Å²) in [5.41, 5.74) is 0.654. The Morgan fingerprint density at radius 1 is 1.31 bits per heavy atom. The number of nitrogens with one attached hydrogen (secondary N) is 1. The summed E-state index contributed by atoms with van der Waals surface area (Å²) in [6.45, 7) is 2.63. The normalized spacial score (nSPS) is 10.7. The summed E-state index contributed by atoms with van der Waals surface area (Å²) in [5.74, 6) is -0.0495. The summed E-state index contributed by atoms with van der Waals surface area (Å²) in [4.78, 5) is 11.7. The van der Waals surface area contributed by atoms with Crippen LogP contribution in [0.1, 0.15) is 23.7 Å². The number of hydrogen-bond acceptors (Lipinski definition) is 1. The molecule has 1 aromatic carbocycles. The Morgan fingerprint density at radius 2 is 1.94 bits per heavy atom. The van der Waals surface area contributed by atoms with Gasteiger partial charge in [-0.2, -0.15) is 0 Å². The van der Waals surface area contributed by atoms with Gasteiger partial charge in [-0.1, -0.05) is 44.0 Å². The SMILES string of the molecule is C/C=C/CCNC(=O)c1cc(Br)cc(Br)c1. The number of hydrogen-bond donors (Lipinski definition) is 1. The molecule has 0 aliphatic heterocycles. The number of halogens is 2. The van der Waals surface area contributed by atoms with Gasteiger partial charge in [-0.15, -0.1) is 0 Å². The molecular weight excluding hydrogens is 334 g/mol. The summed E-state index contributed by atoms with van der Waals surface area (Å²) in [5, 5.41) is 2.86. The van der Waals surface area contributed by atoms with E-state index in [-0.39, 0.29) is 5.91 Å². The van der Waals surface area contributed by atoms with Crippen LogP contribution >= 0.6 is 31.9 Å². The van der Waals surface area contributed by atoms with Crippen molar-refractivity contribution in [2.45, 2.75) is 13.3 Å². The fraction of sp³-hybridized carbons (Fsp3) is 0.250. The van der Waals surface area contributed by atoms with Crippen molar-refractivity contribution < 1.29 is 4.79 Å². The van der Waals surface area contributed by atoms with Gasteiger partial charge >= 0.3 is 0 Å². The maximum atomic E-state index is 11.7. The lowest BCUT2D eigenvalue weighted by Gasteiger charge is -2.04. The van der Waals surface area contributed by atoms with Gasteiger partial charge in [0.2, 0.25) is 0 Å². The third kappa shape index (κ3) is 4.49. The van der Waals surface area contributed by atoms with Gasteiger partial charge in [0, 0.05) is 21.1 Å². The second-order valence-corrected chi connectivity index (χ2v) is 5.10. The van der Waals surface area contributed by atoms with E-state index in [1.54, 1.807) is 12.1 Å². The van der Waals surface area contributed by atoms with E-state index in [1.165, 1.54) is 0 Å². The molecular formula is C12H13Br2NO. The van der Waals surface area contributed by atoms with E-state index in [2.05, 4.69) is 37.2 Å². The highest BCUT2D eigenvalue weighted by molar-refractivity contribution is 9.11. The molecule has 2 nitrogen and oxygen atoms in total. The van der Waals surface area contributed by atoms with E-state index in [4.69, 9.17) is 0 Å². The summed E-state index contributed by atoms with van der Waals surface area (Å²) in [6, 6.07) is 5.50. The van der Waals surface area contributed by atoms with Crippen LogP contribution in [0.15, 0.2) is 39.3 Å².